The highest BCUT2D eigenvalue weighted by atomic mass is 35.5. The Balaban J connectivity index is 1.32. The van der Waals surface area contributed by atoms with Crippen molar-refractivity contribution < 1.29 is 38.5 Å². The number of nitro benzene ring substituents is 2. The number of para-hydroxylation sites is 1. The molecule has 0 spiro atoms. The second kappa shape index (κ2) is 13.8. The SMILES string of the molecule is Cc1cccc([C@H]2C3=CC[C@@H]4C(=O)N(c5cc([N+](=O)[O-])c(N(C)C)c([N+](=O)[O-])c5)C(=O)[C@@H]4[C@@H]3C[C@H]3C(=O)N(Nc4ccc(F)cc4)C(=O)[C@@]23c2ccc(Cl)cc2)c1O. The number of phenols is 1. The highest BCUT2D eigenvalue weighted by Gasteiger charge is 2.70. The molecule has 2 aliphatic carbocycles. The number of halogens is 2. The molecule has 0 radical (unpaired) electrons. The zero-order valence-electron chi connectivity index (χ0n) is 31.1. The summed E-state index contributed by atoms with van der Waals surface area (Å²) in [6.45, 7) is 1.68. The van der Waals surface area contributed by atoms with Crippen LogP contribution in [0.15, 0.2) is 90.5 Å². The molecule has 0 bridgehead atoms. The van der Waals surface area contributed by atoms with Gasteiger partial charge in [-0.1, -0.05) is 53.6 Å². The molecule has 3 fully saturated rings. The maximum atomic E-state index is 15.3. The second-order valence-electron chi connectivity index (χ2n) is 15.1. The van der Waals surface area contributed by atoms with E-state index in [-0.39, 0.29) is 35.7 Å². The number of hydrogen-bond acceptors (Lipinski definition) is 11. The van der Waals surface area contributed by atoms with E-state index < -0.39 is 85.7 Å². The Bertz CT molecular complexity index is 2480. The predicted molar refractivity (Wildman–Crippen MR) is 208 cm³/mol. The number of nitrogens with one attached hydrogen (secondary N) is 1. The summed E-state index contributed by atoms with van der Waals surface area (Å²) in [5.41, 5.74) is 0.963. The molecule has 296 valence electrons. The van der Waals surface area contributed by atoms with E-state index in [1.807, 2.05) is 0 Å². The lowest BCUT2D eigenvalue weighted by Gasteiger charge is -2.50. The topological polar surface area (TPSA) is 197 Å². The first-order valence-corrected chi connectivity index (χ1v) is 18.6. The third-order valence-electron chi connectivity index (χ3n) is 12.0. The van der Waals surface area contributed by atoms with Crippen molar-refractivity contribution in [3.05, 3.63) is 138 Å². The van der Waals surface area contributed by atoms with Crippen LogP contribution in [0.4, 0.5) is 32.8 Å². The maximum Gasteiger partial charge on any atom is 0.301 e. The molecule has 2 N–H and O–H groups in total. The van der Waals surface area contributed by atoms with Crippen LogP contribution in [-0.4, -0.2) is 57.7 Å². The number of benzene rings is 4. The molecule has 4 aliphatic rings. The summed E-state index contributed by atoms with van der Waals surface area (Å²) < 4.78 is 13.9. The van der Waals surface area contributed by atoms with Gasteiger partial charge in [-0.15, -0.1) is 0 Å². The monoisotopic (exact) mass is 808 g/mol. The van der Waals surface area contributed by atoms with Crippen LogP contribution in [0.3, 0.4) is 0 Å². The van der Waals surface area contributed by atoms with Crippen LogP contribution in [0.1, 0.15) is 35.4 Å². The first-order chi connectivity index (χ1) is 27.6. The van der Waals surface area contributed by atoms with E-state index in [0.717, 1.165) is 34.2 Å². The number of imide groups is 2. The molecule has 4 amide bonds. The number of phenolic OH excluding ortho intramolecular Hbond substituents is 1. The maximum absolute atomic E-state index is 15.3. The first-order valence-electron chi connectivity index (χ1n) is 18.2. The van der Waals surface area contributed by atoms with Crippen LogP contribution in [0.5, 0.6) is 5.75 Å². The summed E-state index contributed by atoms with van der Waals surface area (Å²) in [4.78, 5) is 84.0. The fraction of sp³-hybridized carbons (Fsp3) is 0.268. The van der Waals surface area contributed by atoms with E-state index in [1.54, 1.807) is 55.5 Å². The van der Waals surface area contributed by atoms with Crippen molar-refractivity contribution in [3.8, 4) is 5.75 Å². The van der Waals surface area contributed by atoms with Crippen molar-refractivity contribution >= 4 is 63.7 Å². The van der Waals surface area contributed by atoms with Crippen LogP contribution in [-0.2, 0) is 24.6 Å². The number of nitro groups is 2. The van der Waals surface area contributed by atoms with Gasteiger partial charge >= 0.3 is 11.4 Å². The average Bonchev–Trinajstić information content (AvgIpc) is 3.57. The van der Waals surface area contributed by atoms with Gasteiger partial charge in [0.25, 0.3) is 11.8 Å². The highest BCUT2D eigenvalue weighted by molar-refractivity contribution is 6.30. The van der Waals surface area contributed by atoms with Crippen molar-refractivity contribution in [1.29, 1.82) is 0 Å². The van der Waals surface area contributed by atoms with E-state index in [9.17, 15) is 44.1 Å². The zero-order chi connectivity index (χ0) is 41.5. The Morgan fingerprint density at radius 3 is 2.14 bits per heavy atom. The van der Waals surface area contributed by atoms with Gasteiger partial charge in [0.1, 0.15) is 11.6 Å². The molecule has 0 aromatic heterocycles. The van der Waals surface area contributed by atoms with E-state index in [1.165, 1.54) is 31.1 Å². The molecule has 2 heterocycles. The lowest BCUT2D eigenvalue weighted by Crippen LogP contribution is -2.53. The van der Waals surface area contributed by atoms with Crippen LogP contribution < -0.4 is 15.2 Å². The molecule has 1 saturated carbocycles. The van der Waals surface area contributed by atoms with Crippen molar-refractivity contribution in [3.63, 3.8) is 0 Å². The molecular weight excluding hydrogens is 775 g/mol. The van der Waals surface area contributed by atoms with Crippen molar-refractivity contribution in [2.75, 3.05) is 29.3 Å². The minimum Gasteiger partial charge on any atom is -0.507 e. The Morgan fingerprint density at radius 1 is 0.897 bits per heavy atom. The number of carbonyl (C=O) groups is 4. The number of hydrogen-bond donors (Lipinski definition) is 2. The molecule has 17 heteroatoms. The lowest BCUT2D eigenvalue weighted by molar-refractivity contribution is -0.392. The quantitative estimate of drug-likeness (QED) is 0.0846. The van der Waals surface area contributed by atoms with Gasteiger partial charge in [-0.05, 0) is 73.2 Å². The largest absolute Gasteiger partial charge is 0.507 e. The number of fused-ring (bicyclic) bond motifs is 4. The van der Waals surface area contributed by atoms with Gasteiger partial charge in [-0.25, -0.2) is 9.29 Å². The van der Waals surface area contributed by atoms with E-state index >= 15 is 4.79 Å². The normalized spacial score (nSPS) is 24.9. The predicted octanol–water partition coefficient (Wildman–Crippen LogP) is 6.57. The van der Waals surface area contributed by atoms with Gasteiger partial charge in [0.15, 0.2) is 5.69 Å². The molecule has 4 aromatic carbocycles. The molecule has 58 heavy (non-hydrogen) atoms. The van der Waals surface area contributed by atoms with Crippen LogP contribution >= 0.6 is 11.6 Å². The number of rotatable bonds is 8. The highest BCUT2D eigenvalue weighted by Crippen LogP contribution is 2.65. The molecule has 2 saturated heterocycles. The fourth-order valence-electron chi connectivity index (χ4n) is 9.62. The Morgan fingerprint density at radius 2 is 1.53 bits per heavy atom. The number of hydrazine groups is 1. The van der Waals surface area contributed by atoms with Crippen LogP contribution in [0.25, 0.3) is 0 Å². The summed E-state index contributed by atoms with van der Waals surface area (Å²) in [5, 5.41) is 37.4. The summed E-state index contributed by atoms with van der Waals surface area (Å²) in [5.74, 6) is -8.93. The van der Waals surface area contributed by atoms with Gasteiger partial charge < -0.3 is 10.0 Å². The third-order valence-corrected chi connectivity index (χ3v) is 12.2. The smallest absolute Gasteiger partial charge is 0.301 e. The molecule has 8 rings (SSSR count). The standard InChI is InChI=1S/C41H34ClFN6O9/c1-20-5-4-6-28(36(20)50)34-26-15-16-27-33(39(53)46(37(27)51)25-17-31(48(55)56)35(45(2)3)32(18-25)49(57)58)29(26)19-30-38(52)47(44-24-13-11-23(43)12-14-24)40(54)41(30,34)21-7-9-22(42)10-8-21/h4-15,17-18,27,29-30,33-34,44,50H,16,19H2,1-3H3/t27-,29+,30-,33-,34+,41+/m0/s1. The molecule has 6 atom stereocenters. The van der Waals surface area contributed by atoms with E-state index in [2.05, 4.69) is 5.43 Å². The average molecular weight is 809 g/mol. The summed E-state index contributed by atoms with van der Waals surface area (Å²) in [7, 11) is 2.79. The van der Waals surface area contributed by atoms with E-state index in [4.69, 9.17) is 11.6 Å². The number of nitrogens with zero attached hydrogens (tertiary/aromatic N) is 5. The van der Waals surface area contributed by atoms with Crippen molar-refractivity contribution in [2.24, 2.45) is 23.7 Å². The van der Waals surface area contributed by atoms with Crippen LogP contribution in [0.2, 0.25) is 5.02 Å². The molecular formula is C41H34ClFN6O9. The Kier molecular flexibility index (Phi) is 9.06. The number of anilines is 3. The second-order valence-corrected chi connectivity index (χ2v) is 15.6. The third kappa shape index (κ3) is 5.53. The van der Waals surface area contributed by atoms with E-state index in [0.29, 0.717) is 27.3 Å². The van der Waals surface area contributed by atoms with Gasteiger partial charge in [-0.2, -0.15) is 5.01 Å². The summed E-state index contributed by atoms with van der Waals surface area (Å²) in [6.07, 6.45) is 1.61. The molecule has 4 aromatic rings. The molecule has 2 aliphatic heterocycles. The Labute approximate surface area is 334 Å². The zero-order valence-corrected chi connectivity index (χ0v) is 31.8. The molecule has 0 unspecified atom stereocenters. The number of amides is 4. The van der Waals surface area contributed by atoms with Gasteiger partial charge in [0, 0.05) is 42.7 Å². The summed E-state index contributed by atoms with van der Waals surface area (Å²) >= 11 is 6.34. The van der Waals surface area contributed by atoms with Gasteiger partial charge in [0.05, 0.1) is 44.4 Å². The Hall–Kier alpha value is -6.68. The van der Waals surface area contributed by atoms with Gasteiger partial charge in [-0.3, -0.25) is 44.8 Å². The minimum absolute atomic E-state index is 0.0261. The fourth-order valence-corrected chi connectivity index (χ4v) is 9.75. The van der Waals surface area contributed by atoms with Crippen molar-refractivity contribution in [1.82, 2.24) is 5.01 Å². The molecule has 15 nitrogen and oxygen atoms in total. The first kappa shape index (κ1) is 38.2. The number of carbonyl (C=O) groups excluding carboxylic acids is 4. The lowest BCUT2D eigenvalue weighted by atomic mass is 9.49. The summed E-state index contributed by atoms with van der Waals surface area (Å²) in [6, 6.07) is 18.4. The van der Waals surface area contributed by atoms with Crippen LogP contribution in [0, 0.1) is 56.6 Å². The number of aromatic hydroxyl groups is 1. The van der Waals surface area contributed by atoms with Gasteiger partial charge in [0.2, 0.25) is 11.8 Å². The number of allylic oxidation sites excluding steroid dienone is 2. The van der Waals surface area contributed by atoms with Crippen molar-refractivity contribution in [2.45, 2.75) is 31.1 Å². The minimum atomic E-state index is -1.75. The number of aryl methyl sites for hydroxylation is 1.